The lowest BCUT2D eigenvalue weighted by Crippen LogP contribution is -2.43. The van der Waals surface area contributed by atoms with Crippen LogP contribution >= 0.6 is 11.3 Å². The fourth-order valence-corrected chi connectivity index (χ4v) is 3.83. The Balaban J connectivity index is 1.73. The highest BCUT2D eigenvalue weighted by Crippen LogP contribution is 2.34. The molecule has 2 unspecified atom stereocenters. The Morgan fingerprint density at radius 1 is 1.18 bits per heavy atom. The van der Waals surface area contributed by atoms with Crippen molar-refractivity contribution < 1.29 is 17.9 Å². The van der Waals surface area contributed by atoms with Gasteiger partial charge in [0.15, 0.2) is 11.5 Å². The molecule has 0 saturated carbocycles. The zero-order valence-corrected chi connectivity index (χ0v) is 15.7. The average Bonchev–Trinajstić information content (AvgIpc) is 3.22. The molecule has 0 aromatic carbocycles. The van der Waals surface area contributed by atoms with Crippen molar-refractivity contribution in [3.63, 3.8) is 0 Å². The summed E-state index contributed by atoms with van der Waals surface area (Å²) in [6.07, 6.45) is -3.45. The molecule has 1 saturated heterocycles. The van der Waals surface area contributed by atoms with Crippen LogP contribution in [0.3, 0.4) is 0 Å². The fourth-order valence-electron chi connectivity index (χ4n) is 3.13. The third kappa shape index (κ3) is 4.00. The maximum atomic E-state index is 13.5. The number of thiophene rings is 1. The highest BCUT2D eigenvalue weighted by Gasteiger charge is 2.35. The molecule has 5 nitrogen and oxygen atoms in total. The van der Waals surface area contributed by atoms with E-state index in [9.17, 15) is 13.2 Å². The van der Waals surface area contributed by atoms with Crippen molar-refractivity contribution in [1.29, 1.82) is 0 Å². The average molecular weight is 406 g/mol. The van der Waals surface area contributed by atoms with Crippen LogP contribution in [0.4, 0.5) is 19.0 Å². The number of hydrogen-bond donors (Lipinski definition) is 0. The van der Waals surface area contributed by atoms with Gasteiger partial charge >= 0.3 is 6.18 Å². The summed E-state index contributed by atoms with van der Waals surface area (Å²) in [7, 11) is 0. The second-order valence-corrected chi connectivity index (χ2v) is 7.32. The van der Waals surface area contributed by atoms with E-state index in [0.717, 1.165) is 11.6 Å². The summed E-state index contributed by atoms with van der Waals surface area (Å²) in [5.74, 6) is 0.176. The molecule has 0 aliphatic carbocycles. The van der Waals surface area contributed by atoms with Gasteiger partial charge in [0.1, 0.15) is 17.6 Å². The molecule has 3 aromatic heterocycles. The van der Waals surface area contributed by atoms with E-state index in [4.69, 9.17) is 4.74 Å². The Kier molecular flexibility index (Phi) is 5.03. The minimum atomic E-state index is -4.58. The Hall–Kier alpha value is -2.52. The molecule has 4 heterocycles. The molecule has 0 N–H and O–H groups in total. The largest absolute Gasteiger partial charge is 0.433 e. The smallest absolute Gasteiger partial charge is 0.367 e. The van der Waals surface area contributed by atoms with E-state index in [2.05, 4.69) is 15.0 Å². The minimum Gasteiger partial charge on any atom is -0.367 e. The maximum absolute atomic E-state index is 13.5. The molecule has 0 spiro atoms. The van der Waals surface area contributed by atoms with Gasteiger partial charge in [-0.15, -0.1) is 0 Å². The highest BCUT2D eigenvalue weighted by atomic mass is 32.1. The van der Waals surface area contributed by atoms with Gasteiger partial charge in [-0.2, -0.15) is 24.5 Å². The number of morpholine rings is 1. The summed E-state index contributed by atoms with van der Waals surface area (Å²) < 4.78 is 46.3. The molecule has 2 atom stereocenters. The van der Waals surface area contributed by atoms with Crippen molar-refractivity contribution in [2.75, 3.05) is 18.0 Å². The molecule has 9 heteroatoms. The Bertz CT molecular complexity index is 934. The quantitative estimate of drug-likeness (QED) is 0.637. The minimum absolute atomic E-state index is 0.0448. The molecule has 0 bridgehead atoms. The van der Waals surface area contributed by atoms with E-state index in [-0.39, 0.29) is 23.9 Å². The number of aromatic nitrogens is 3. The van der Waals surface area contributed by atoms with Crippen LogP contribution in [0.25, 0.3) is 11.5 Å². The zero-order valence-electron chi connectivity index (χ0n) is 14.9. The van der Waals surface area contributed by atoms with Crippen LogP contribution in [0.5, 0.6) is 0 Å². The van der Waals surface area contributed by atoms with Crippen LogP contribution in [-0.2, 0) is 10.9 Å². The predicted molar refractivity (Wildman–Crippen MR) is 100 cm³/mol. The summed E-state index contributed by atoms with van der Waals surface area (Å²) in [6, 6.07) is 7.93. The molecule has 28 heavy (non-hydrogen) atoms. The van der Waals surface area contributed by atoms with E-state index < -0.39 is 11.9 Å². The van der Waals surface area contributed by atoms with Crippen LogP contribution in [0.1, 0.15) is 24.3 Å². The van der Waals surface area contributed by atoms with E-state index in [1.165, 1.54) is 6.20 Å². The van der Waals surface area contributed by atoms with Gasteiger partial charge in [-0.3, -0.25) is 4.98 Å². The van der Waals surface area contributed by atoms with Crippen molar-refractivity contribution in [2.45, 2.75) is 25.3 Å². The number of anilines is 1. The molecular formula is C19H17F3N4OS. The number of halogens is 3. The zero-order chi connectivity index (χ0) is 19.7. The molecule has 4 rings (SSSR count). The van der Waals surface area contributed by atoms with Gasteiger partial charge < -0.3 is 9.64 Å². The Labute approximate surface area is 163 Å². The van der Waals surface area contributed by atoms with Gasteiger partial charge in [-0.25, -0.2) is 9.97 Å². The number of ether oxygens (including phenoxy) is 1. The van der Waals surface area contributed by atoms with Crippen LogP contribution in [0, 0.1) is 0 Å². The number of alkyl halides is 3. The molecule has 0 radical (unpaired) electrons. The topological polar surface area (TPSA) is 51.1 Å². The van der Waals surface area contributed by atoms with Crippen molar-refractivity contribution in [3.8, 4) is 11.5 Å². The summed E-state index contributed by atoms with van der Waals surface area (Å²) in [4.78, 5) is 14.0. The summed E-state index contributed by atoms with van der Waals surface area (Å²) in [5, 5.41) is 3.94. The van der Waals surface area contributed by atoms with Crippen molar-refractivity contribution >= 4 is 17.2 Å². The van der Waals surface area contributed by atoms with Crippen molar-refractivity contribution in [2.24, 2.45) is 0 Å². The van der Waals surface area contributed by atoms with Gasteiger partial charge in [-0.05, 0) is 41.4 Å². The van der Waals surface area contributed by atoms with Gasteiger partial charge in [0, 0.05) is 25.4 Å². The Morgan fingerprint density at radius 3 is 2.71 bits per heavy atom. The first-order valence-electron chi connectivity index (χ1n) is 8.70. The van der Waals surface area contributed by atoms with Crippen LogP contribution in [-0.4, -0.2) is 34.1 Å². The number of nitrogens with zero attached hydrogens (tertiary/aromatic N) is 4. The lowest BCUT2D eigenvalue weighted by atomic mass is 10.1. The van der Waals surface area contributed by atoms with Crippen LogP contribution in [0.2, 0.25) is 0 Å². The third-order valence-electron chi connectivity index (χ3n) is 4.40. The molecular weight excluding hydrogens is 389 g/mol. The van der Waals surface area contributed by atoms with Crippen molar-refractivity contribution in [1.82, 2.24) is 15.0 Å². The second-order valence-electron chi connectivity index (χ2n) is 6.54. The Morgan fingerprint density at radius 2 is 2.04 bits per heavy atom. The monoisotopic (exact) mass is 406 g/mol. The summed E-state index contributed by atoms with van der Waals surface area (Å²) in [6.45, 7) is 2.75. The van der Waals surface area contributed by atoms with Crippen molar-refractivity contribution in [3.05, 3.63) is 58.5 Å². The van der Waals surface area contributed by atoms with Crippen LogP contribution in [0.15, 0.2) is 47.3 Å². The lowest BCUT2D eigenvalue weighted by molar-refractivity contribution is -0.141. The van der Waals surface area contributed by atoms with E-state index >= 15 is 0 Å². The standard InChI is InChI=1S/C19H17F3N4OS/c1-12-9-26(10-15(27-12)13-5-7-28-11-13)17-8-16(19(20,21)22)24-18(25-17)14-4-2-3-6-23-14/h2-8,11-12,15H,9-10H2,1H3. The van der Waals surface area contributed by atoms with Gasteiger partial charge in [-0.1, -0.05) is 6.07 Å². The summed E-state index contributed by atoms with van der Waals surface area (Å²) >= 11 is 1.56. The fraction of sp³-hybridized carbons (Fsp3) is 0.316. The molecule has 1 fully saturated rings. The molecule has 1 aliphatic heterocycles. The van der Waals surface area contributed by atoms with E-state index in [1.807, 2.05) is 28.7 Å². The number of pyridine rings is 1. The van der Waals surface area contributed by atoms with E-state index in [1.54, 1.807) is 29.5 Å². The first kappa shape index (κ1) is 18.8. The van der Waals surface area contributed by atoms with Gasteiger partial charge in [0.2, 0.25) is 0 Å². The lowest BCUT2D eigenvalue weighted by Gasteiger charge is -2.37. The second kappa shape index (κ2) is 7.48. The summed E-state index contributed by atoms with van der Waals surface area (Å²) in [5.41, 5.74) is 0.325. The predicted octanol–water partition coefficient (Wildman–Crippen LogP) is 4.59. The molecule has 3 aromatic rings. The third-order valence-corrected chi connectivity index (χ3v) is 5.10. The van der Waals surface area contributed by atoms with Gasteiger partial charge in [0.05, 0.1) is 6.10 Å². The maximum Gasteiger partial charge on any atom is 0.433 e. The molecule has 0 amide bonds. The SMILES string of the molecule is CC1CN(c2cc(C(F)(F)F)nc(-c3ccccn3)n2)CC(c2ccsc2)O1. The molecule has 1 aliphatic rings. The first-order chi connectivity index (χ1) is 13.4. The van der Waals surface area contributed by atoms with Gasteiger partial charge in [0.25, 0.3) is 0 Å². The molecule has 146 valence electrons. The normalized spacial score (nSPS) is 20.4. The highest BCUT2D eigenvalue weighted by molar-refractivity contribution is 7.07. The van der Waals surface area contributed by atoms with E-state index in [0.29, 0.717) is 18.8 Å². The first-order valence-corrected chi connectivity index (χ1v) is 9.64. The number of hydrogen-bond acceptors (Lipinski definition) is 6. The van der Waals surface area contributed by atoms with Crippen LogP contribution < -0.4 is 4.90 Å². The number of rotatable bonds is 3.